The van der Waals surface area contributed by atoms with E-state index in [0.29, 0.717) is 19.7 Å². The van der Waals surface area contributed by atoms with E-state index in [-0.39, 0.29) is 6.09 Å². The Morgan fingerprint density at radius 1 is 1.31 bits per heavy atom. The summed E-state index contributed by atoms with van der Waals surface area (Å²) < 4.78 is 4.96. The summed E-state index contributed by atoms with van der Waals surface area (Å²) in [5, 5.41) is 0. The van der Waals surface area contributed by atoms with Crippen molar-refractivity contribution in [3.63, 3.8) is 0 Å². The molecule has 1 amide bonds. The van der Waals surface area contributed by atoms with E-state index in [2.05, 4.69) is 12.6 Å². The molecule has 0 aliphatic carbocycles. The number of carbonyl (C=O) groups excluding carboxylic acids is 1. The molecule has 1 aromatic carbocycles. The first-order chi connectivity index (χ1) is 7.67. The molecular formula is C12H17NO2S. The number of nitrogens with zero attached hydrogens (tertiary/aromatic N) is 1. The van der Waals surface area contributed by atoms with Gasteiger partial charge >= 0.3 is 6.09 Å². The molecule has 0 aromatic heterocycles. The fraction of sp³-hybridized carbons (Fsp3) is 0.417. The summed E-state index contributed by atoms with van der Waals surface area (Å²) in [6.45, 7) is 5.36. The normalized spacial score (nSPS) is 9.94. The van der Waals surface area contributed by atoms with Crippen LogP contribution in [-0.2, 0) is 11.3 Å². The average Bonchev–Trinajstić information content (AvgIpc) is 2.28. The van der Waals surface area contributed by atoms with Crippen molar-refractivity contribution >= 4 is 18.7 Å². The van der Waals surface area contributed by atoms with E-state index < -0.39 is 0 Å². The van der Waals surface area contributed by atoms with Crippen LogP contribution in [0.2, 0.25) is 0 Å². The second-order valence-electron chi connectivity index (χ2n) is 3.38. The van der Waals surface area contributed by atoms with Crippen LogP contribution in [0.4, 0.5) is 4.79 Å². The number of carbonyl (C=O) groups is 1. The third-order valence-electron chi connectivity index (χ3n) is 2.22. The molecule has 0 saturated heterocycles. The first-order valence-electron chi connectivity index (χ1n) is 5.37. The molecule has 0 saturated carbocycles. The van der Waals surface area contributed by atoms with Crippen LogP contribution in [0.25, 0.3) is 0 Å². The largest absolute Gasteiger partial charge is 0.450 e. The quantitative estimate of drug-likeness (QED) is 0.819. The number of benzene rings is 1. The van der Waals surface area contributed by atoms with Gasteiger partial charge in [-0.2, -0.15) is 0 Å². The highest BCUT2D eigenvalue weighted by molar-refractivity contribution is 7.80. The second kappa shape index (κ2) is 6.43. The highest BCUT2D eigenvalue weighted by Crippen LogP contribution is 2.10. The molecule has 0 atom stereocenters. The van der Waals surface area contributed by atoms with Gasteiger partial charge in [-0.15, -0.1) is 12.6 Å². The van der Waals surface area contributed by atoms with Crippen molar-refractivity contribution in [1.82, 2.24) is 4.90 Å². The SMILES string of the molecule is CCOC(=O)N(CC)Cc1ccc(S)cc1. The number of rotatable bonds is 4. The smallest absolute Gasteiger partial charge is 0.410 e. The number of hydrogen-bond donors (Lipinski definition) is 1. The Morgan fingerprint density at radius 2 is 1.94 bits per heavy atom. The minimum absolute atomic E-state index is 0.264. The zero-order valence-corrected chi connectivity index (χ0v) is 10.5. The number of hydrogen-bond acceptors (Lipinski definition) is 3. The highest BCUT2D eigenvalue weighted by Gasteiger charge is 2.12. The van der Waals surface area contributed by atoms with Gasteiger partial charge in [0.2, 0.25) is 0 Å². The molecule has 4 heteroatoms. The first-order valence-corrected chi connectivity index (χ1v) is 5.81. The van der Waals surface area contributed by atoms with Crippen molar-refractivity contribution in [3.05, 3.63) is 29.8 Å². The van der Waals surface area contributed by atoms with Crippen molar-refractivity contribution in [1.29, 1.82) is 0 Å². The van der Waals surface area contributed by atoms with E-state index >= 15 is 0 Å². The monoisotopic (exact) mass is 239 g/mol. The molecule has 0 heterocycles. The van der Waals surface area contributed by atoms with Crippen LogP contribution in [0.5, 0.6) is 0 Å². The molecule has 0 bridgehead atoms. The molecule has 1 aromatic rings. The maximum atomic E-state index is 11.5. The van der Waals surface area contributed by atoms with Gasteiger partial charge in [0.1, 0.15) is 0 Å². The van der Waals surface area contributed by atoms with E-state index in [1.165, 1.54) is 0 Å². The van der Waals surface area contributed by atoms with Crippen LogP contribution in [0.15, 0.2) is 29.2 Å². The van der Waals surface area contributed by atoms with E-state index in [1.54, 1.807) is 11.8 Å². The maximum absolute atomic E-state index is 11.5. The van der Waals surface area contributed by atoms with Crippen molar-refractivity contribution in [2.45, 2.75) is 25.3 Å². The van der Waals surface area contributed by atoms with E-state index in [4.69, 9.17) is 4.74 Å². The van der Waals surface area contributed by atoms with Gasteiger partial charge in [-0.05, 0) is 31.5 Å². The third kappa shape index (κ3) is 3.77. The van der Waals surface area contributed by atoms with Crippen molar-refractivity contribution in [2.75, 3.05) is 13.2 Å². The predicted molar refractivity (Wildman–Crippen MR) is 66.8 cm³/mol. The van der Waals surface area contributed by atoms with Gasteiger partial charge < -0.3 is 9.64 Å². The van der Waals surface area contributed by atoms with Gasteiger partial charge in [0, 0.05) is 18.0 Å². The molecule has 0 aliphatic rings. The molecule has 3 nitrogen and oxygen atoms in total. The maximum Gasteiger partial charge on any atom is 0.410 e. The summed E-state index contributed by atoms with van der Waals surface area (Å²) in [7, 11) is 0. The average molecular weight is 239 g/mol. The molecule has 1 rings (SSSR count). The number of amides is 1. The lowest BCUT2D eigenvalue weighted by atomic mass is 10.2. The topological polar surface area (TPSA) is 29.5 Å². The minimum Gasteiger partial charge on any atom is -0.450 e. The molecule has 0 N–H and O–H groups in total. The molecule has 16 heavy (non-hydrogen) atoms. The molecule has 88 valence electrons. The Balaban J connectivity index is 2.62. The lowest BCUT2D eigenvalue weighted by Gasteiger charge is -2.19. The van der Waals surface area contributed by atoms with Gasteiger partial charge in [-0.3, -0.25) is 0 Å². The Labute approximate surface area is 102 Å². The fourth-order valence-corrected chi connectivity index (χ4v) is 1.49. The second-order valence-corrected chi connectivity index (χ2v) is 3.90. The molecule has 0 spiro atoms. The van der Waals surface area contributed by atoms with Gasteiger partial charge in [0.05, 0.1) is 6.61 Å². The van der Waals surface area contributed by atoms with Crippen LogP contribution in [0.1, 0.15) is 19.4 Å². The summed E-state index contributed by atoms with van der Waals surface area (Å²) in [6, 6.07) is 7.75. The standard InChI is InChI=1S/C12H17NO2S/c1-3-13(12(14)15-4-2)9-10-5-7-11(16)8-6-10/h5-8,16H,3-4,9H2,1-2H3. The van der Waals surface area contributed by atoms with Crippen molar-refractivity contribution < 1.29 is 9.53 Å². The van der Waals surface area contributed by atoms with Crippen LogP contribution < -0.4 is 0 Å². The summed E-state index contributed by atoms with van der Waals surface area (Å²) >= 11 is 4.21. The number of ether oxygens (including phenoxy) is 1. The van der Waals surface area contributed by atoms with E-state index in [1.807, 2.05) is 31.2 Å². The van der Waals surface area contributed by atoms with Gasteiger partial charge in [0.15, 0.2) is 0 Å². The Kier molecular flexibility index (Phi) is 5.19. The fourth-order valence-electron chi connectivity index (χ4n) is 1.34. The summed E-state index contributed by atoms with van der Waals surface area (Å²) in [5.74, 6) is 0. The lowest BCUT2D eigenvalue weighted by molar-refractivity contribution is 0.107. The number of thiol groups is 1. The van der Waals surface area contributed by atoms with Crippen LogP contribution in [0, 0.1) is 0 Å². The van der Waals surface area contributed by atoms with E-state index in [0.717, 1.165) is 10.5 Å². The zero-order valence-electron chi connectivity index (χ0n) is 9.64. The van der Waals surface area contributed by atoms with Gasteiger partial charge in [-0.25, -0.2) is 4.79 Å². The van der Waals surface area contributed by atoms with Gasteiger partial charge in [0.25, 0.3) is 0 Å². The Morgan fingerprint density at radius 3 is 2.44 bits per heavy atom. The lowest BCUT2D eigenvalue weighted by Crippen LogP contribution is -2.30. The van der Waals surface area contributed by atoms with Crippen LogP contribution >= 0.6 is 12.6 Å². The first kappa shape index (κ1) is 12.9. The van der Waals surface area contributed by atoms with E-state index in [9.17, 15) is 4.79 Å². The minimum atomic E-state index is -0.264. The molecule has 0 aliphatic heterocycles. The van der Waals surface area contributed by atoms with Crippen molar-refractivity contribution in [3.8, 4) is 0 Å². The zero-order chi connectivity index (χ0) is 12.0. The molecule has 0 fully saturated rings. The summed E-state index contributed by atoms with van der Waals surface area (Å²) in [4.78, 5) is 14.1. The Bertz CT molecular complexity index is 337. The summed E-state index contributed by atoms with van der Waals surface area (Å²) in [5.41, 5.74) is 1.08. The predicted octanol–water partition coefficient (Wildman–Crippen LogP) is 2.95. The molecule has 0 unspecified atom stereocenters. The van der Waals surface area contributed by atoms with Crippen LogP contribution in [0.3, 0.4) is 0 Å². The summed E-state index contributed by atoms with van der Waals surface area (Å²) in [6.07, 6.45) is -0.264. The van der Waals surface area contributed by atoms with Crippen LogP contribution in [-0.4, -0.2) is 24.1 Å². The third-order valence-corrected chi connectivity index (χ3v) is 2.52. The Hall–Kier alpha value is -1.16. The van der Waals surface area contributed by atoms with Gasteiger partial charge in [-0.1, -0.05) is 12.1 Å². The molecular weight excluding hydrogens is 222 g/mol. The van der Waals surface area contributed by atoms with Crippen molar-refractivity contribution in [2.24, 2.45) is 0 Å². The molecule has 0 radical (unpaired) electrons. The highest BCUT2D eigenvalue weighted by atomic mass is 32.1.